The van der Waals surface area contributed by atoms with Crippen molar-refractivity contribution in [1.82, 2.24) is 0 Å². The fourth-order valence-electron chi connectivity index (χ4n) is 2.54. The van der Waals surface area contributed by atoms with Crippen molar-refractivity contribution in [2.24, 2.45) is 5.92 Å². The maximum atomic E-state index is 11.0. The van der Waals surface area contributed by atoms with Gasteiger partial charge >= 0.3 is 5.97 Å². The van der Waals surface area contributed by atoms with Crippen LogP contribution in [0.15, 0.2) is 18.2 Å². The first-order valence-corrected chi connectivity index (χ1v) is 6.76. The van der Waals surface area contributed by atoms with Crippen molar-refractivity contribution >= 4 is 11.7 Å². The van der Waals surface area contributed by atoms with Crippen LogP contribution in [0.3, 0.4) is 0 Å². The van der Waals surface area contributed by atoms with Crippen molar-refractivity contribution in [2.45, 2.75) is 26.2 Å². The van der Waals surface area contributed by atoms with Crippen LogP contribution < -0.4 is 9.64 Å². The molecule has 1 heterocycles. The number of methoxy groups -OCH3 is 1. The standard InChI is InChI=1S/C15H21NO3/c1-11(15(17)18)9-12-10-13(19-2)5-6-14(12)16-7-3-4-8-16/h5-6,10-11H,3-4,7-9H2,1-2H3,(H,17,18). The molecule has 1 aliphatic rings. The normalized spacial score (nSPS) is 16.4. The van der Waals surface area contributed by atoms with E-state index in [-0.39, 0.29) is 5.92 Å². The molecule has 1 aromatic rings. The number of ether oxygens (including phenoxy) is 1. The summed E-state index contributed by atoms with van der Waals surface area (Å²) in [4.78, 5) is 13.4. The number of aliphatic carboxylic acids is 1. The van der Waals surface area contributed by atoms with Gasteiger partial charge in [0.25, 0.3) is 0 Å². The minimum absolute atomic E-state index is 0.381. The van der Waals surface area contributed by atoms with E-state index in [2.05, 4.69) is 4.90 Å². The molecular formula is C15H21NO3. The molecule has 1 unspecified atom stereocenters. The molecule has 104 valence electrons. The van der Waals surface area contributed by atoms with Crippen LogP contribution >= 0.6 is 0 Å². The minimum atomic E-state index is -0.754. The Bertz CT molecular complexity index is 453. The molecule has 4 heteroatoms. The minimum Gasteiger partial charge on any atom is -0.497 e. The second-order valence-corrected chi connectivity index (χ2v) is 5.13. The van der Waals surface area contributed by atoms with E-state index in [1.54, 1.807) is 14.0 Å². The molecule has 0 aromatic heterocycles. The first-order valence-electron chi connectivity index (χ1n) is 6.76. The summed E-state index contributed by atoms with van der Waals surface area (Å²) >= 11 is 0. The van der Waals surface area contributed by atoms with E-state index in [0.717, 1.165) is 30.1 Å². The molecule has 0 bridgehead atoms. The van der Waals surface area contributed by atoms with E-state index in [1.165, 1.54) is 12.8 Å². The van der Waals surface area contributed by atoms with Crippen molar-refractivity contribution in [1.29, 1.82) is 0 Å². The van der Waals surface area contributed by atoms with Crippen molar-refractivity contribution in [3.63, 3.8) is 0 Å². The average molecular weight is 263 g/mol. The lowest BCUT2D eigenvalue weighted by atomic mass is 9.99. The van der Waals surface area contributed by atoms with Crippen LogP contribution in [0.5, 0.6) is 5.75 Å². The highest BCUT2D eigenvalue weighted by Gasteiger charge is 2.19. The Morgan fingerprint density at radius 3 is 2.68 bits per heavy atom. The number of carboxylic acid groups (broad SMARTS) is 1. The van der Waals surface area contributed by atoms with Gasteiger partial charge in [-0.1, -0.05) is 6.92 Å². The van der Waals surface area contributed by atoms with Crippen LogP contribution in [0.2, 0.25) is 0 Å². The van der Waals surface area contributed by atoms with Gasteiger partial charge in [0, 0.05) is 18.8 Å². The zero-order valence-electron chi connectivity index (χ0n) is 11.6. The fourth-order valence-corrected chi connectivity index (χ4v) is 2.54. The van der Waals surface area contributed by atoms with E-state index < -0.39 is 5.97 Å². The third kappa shape index (κ3) is 3.19. The summed E-state index contributed by atoms with van der Waals surface area (Å²) in [6.45, 7) is 3.86. The molecule has 0 saturated carbocycles. The Morgan fingerprint density at radius 1 is 1.42 bits per heavy atom. The van der Waals surface area contributed by atoms with Crippen LogP contribution in [0.1, 0.15) is 25.3 Å². The van der Waals surface area contributed by atoms with Crippen molar-refractivity contribution in [3.05, 3.63) is 23.8 Å². The van der Waals surface area contributed by atoms with Crippen LogP contribution in [0, 0.1) is 5.92 Å². The molecule has 1 atom stereocenters. The molecule has 4 nitrogen and oxygen atoms in total. The summed E-state index contributed by atoms with van der Waals surface area (Å²) in [6.07, 6.45) is 2.96. The van der Waals surface area contributed by atoms with Gasteiger partial charge in [-0.2, -0.15) is 0 Å². The van der Waals surface area contributed by atoms with Crippen LogP contribution in [0.4, 0.5) is 5.69 Å². The second kappa shape index (κ2) is 5.95. The highest BCUT2D eigenvalue weighted by molar-refractivity contribution is 5.71. The van der Waals surface area contributed by atoms with E-state index in [4.69, 9.17) is 9.84 Å². The molecule has 1 aromatic carbocycles. The molecule has 1 N–H and O–H groups in total. The first-order chi connectivity index (χ1) is 9.11. The zero-order chi connectivity index (χ0) is 13.8. The molecule has 1 aliphatic heterocycles. The molecule has 0 aliphatic carbocycles. The Balaban J connectivity index is 2.27. The topological polar surface area (TPSA) is 49.8 Å². The number of benzene rings is 1. The van der Waals surface area contributed by atoms with Crippen molar-refractivity contribution in [3.8, 4) is 5.75 Å². The Morgan fingerprint density at radius 2 is 2.11 bits per heavy atom. The summed E-state index contributed by atoms with van der Waals surface area (Å²) in [7, 11) is 1.63. The van der Waals surface area contributed by atoms with Gasteiger partial charge in [-0.3, -0.25) is 4.79 Å². The van der Waals surface area contributed by atoms with Gasteiger partial charge in [0.15, 0.2) is 0 Å². The van der Waals surface area contributed by atoms with Gasteiger partial charge < -0.3 is 14.7 Å². The number of hydrogen-bond acceptors (Lipinski definition) is 3. The van der Waals surface area contributed by atoms with Gasteiger partial charge in [-0.05, 0) is 43.0 Å². The Kier molecular flexibility index (Phi) is 4.30. The molecule has 1 fully saturated rings. The molecule has 1 saturated heterocycles. The largest absolute Gasteiger partial charge is 0.497 e. The summed E-state index contributed by atoms with van der Waals surface area (Å²) in [5.41, 5.74) is 2.22. The maximum absolute atomic E-state index is 11.0. The highest BCUT2D eigenvalue weighted by Crippen LogP contribution is 2.30. The van der Waals surface area contributed by atoms with Gasteiger partial charge in [-0.25, -0.2) is 0 Å². The Labute approximate surface area is 114 Å². The number of anilines is 1. The number of nitrogens with zero attached hydrogens (tertiary/aromatic N) is 1. The zero-order valence-corrected chi connectivity index (χ0v) is 11.6. The summed E-state index contributed by atoms with van der Waals surface area (Å²) < 4.78 is 5.25. The molecule has 2 rings (SSSR count). The lowest BCUT2D eigenvalue weighted by Crippen LogP contribution is -2.21. The van der Waals surface area contributed by atoms with E-state index in [0.29, 0.717) is 6.42 Å². The van der Waals surface area contributed by atoms with E-state index in [1.807, 2.05) is 18.2 Å². The quantitative estimate of drug-likeness (QED) is 0.887. The maximum Gasteiger partial charge on any atom is 0.306 e. The van der Waals surface area contributed by atoms with Crippen LogP contribution in [-0.4, -0.2) is 31.3 Å². The fraction of sp³-hybridized carbons (Fsp3) is 0.533. The first kappa shape index (κ1) is 13.7. The Hall–Kier alpha value is -1.71. The number of carbonyl (C=O) groups is 1. The van der Waals surface area contributed by atoms with Crippen LogP contribution in [-0.2, 0) is 11.2 Å². The average Bonchev–Trinajstić information content (AvgIpc) is 2.92. The van der Waals surface area contributed by atoms with E-state index >= 15 is 0 Å². The number of rotatable bonds is 5. The van der Waals surface area contributed by atoms with Crippen molar-refractivity contribution in [2.75, 3.05) is 25.1 Å². The molecule has 0 radical (unpaired) electrons. The monoisotopic (exact) mass is 263 g/mol. The predicted octanol–water partition coefficient (Wildman–Crippen LogP) is 2.56. The third-order valence-corrected chi connectivity index (χ3v) is 3.68. The van der Waals surface area contributed by atoms with Gasteiger partial charge in [0.1, 0.15) is 5.75 Å². The van der Waals surface area contributed by atoms with Gasteiger partial charge in [0.05, 0.1) is 13.0 Å². The number of carboxylic acids is 1. The summed E-state index contributed by atoms with van der Waals surface area (Å²) in [5.74, 6) is -0.348. The molecular weight excluding hydrogens is 242 g/mol. The third-order valence-electron chi connectivity index (χ3n) is 3.68. The van der Waals surface area contributed by atoms with Crippen LogP contribution in [0.25, 0.3) is 0 Å². The smallest absolute Gasteiger partial charge is 0.306 e. The van der Waals surface area contributed by atoms with E-state index in [9.17, 15) is 4.79 Å². The van der Waals surface area contributed by atoms with Gasteiger partial charge in [-0.15, -0.1) is 0 Å². The lowest BCUT2D eigenvalue weighted by molar-refractivity contribution is -0.141. The predicted molar refractivity (Wildman–Crippen MR) is 74.9 cm³/mol. The second-order valence-electron chi connectivity index (χ2n) is 5.13. The molecule has 19 heavy (non-hydrogen) atoms. The van der Waals surface area contributed by atoms with Crippen molar-refractivity contribution < 1.29 is 14.6 Å². The summed E-state index contributed by atoms with van der Waals surface area (Å²) in [6, 6.07) is 5.96. The molecule has 0 spiro atoms. The number of hydrogen-bond donors (Lipinski definition) is 1. The van der Waals surface area contributed by atoms with Gasteiger partial charge in [0.2, 0.25) is 0 Å². The molecule has 0 amide bonds. The highest BCUT2D eigenvalue weighted by atomic mass is 16.5. The summed E-state index contributed by atoms with van der Waals surface area (Å²) in [5, 5.41) is 9.08. The lowest BCUT2D eigenvalue weighted by Gasteiger charge is -2.22. The SMILES string of the molecule is COc1ccc(N2CCCC2)c(CC(C)C(=O)O)c1.